The molecule has 0 aliphatic heterocycles. The van der Waals surface area contributed by atoms with Crippen LogP contribution < -0.4 is 0 Å². The first-order chi connectivity index (χ1) is 5.11. The fourth-order valence-electron chi connectivity index (χ4n) is 0.839. The molecular formula is C8H11FO2. The van der Waals surface area contributed by atoms with Crippen LogP contribution in [0.4, 0.5) is 4.39 Å². The van der Waals surface area contributed by atoms with Gasteiger partial charge >= 0.3 is 0 Å². The lowest BCUT2D eigenvalue weighted by Gasteiger charge is -2.07. The summed E-state index contributed by atoms with van der Waals surface area (Å²) in [7, 11) is 0. The second-order valence-electron chi connectivity index (χ2n) is 2.57. The molecule has 0 saturated carbocycles. The second-order valence-corrected chi connectivity index (χ2v) is 2.57. The molecule has 2 atom stereocenters. The number of halogens is 1. The summed E-state index contributed by atoms with van der Waals surface area (Å²) in [6.45, 7) is 3.04. The van der Waals surface area contributed by atoms with Crippen LogP contribution in [0, 0.1) is 6.92 Å². The Morgan fingerprint density at radius 2 is 2.18 bits per heavy atom. The van der Waals surface area contributed by atoms with Crippen molar-refractivity contribution in [2.45, 2.75) is 26.1 Å². The van der Waals surface area contributed by atoms with Crippen molar-refractivity contribution in [1.29, 1.82) is 0 Å². The summed E-state index contributed by atoms with van der Waals surface area (Å²) >= 11 is 0. The van der Waals surface area contributed by atoms with Crippen LogP contribution in [-0.4, -0.2) is 11.3 Å². The third-order valence-electron chi connectivity index (χ3n) is 1.49. The van der Waals surface area contributed by atoms with Crippen LogP contribution in [0.3, 0.4) is 0 Å². The zero-order valence-electron chi connectivity index (χ0n) is 6.54. The van der Waals surface area contributed by atoms with Gasteiger partial charge in [0.1, 0.15) is 23.8 Å². The SMILES string of the molecule is Cc1ccc([C@H](O)C(C)F)o1. The molecule has 11 heavy (non-hydrogen) atoms. The van der Waals surface area contributed by atoms with Crippen molar-refractivity contribution in [1.82, 2.24) is 0 Å². The minimum absolute atomic E-state index is 0.289. The van der Waals surface area contributed by atoms with E-state index >= 15 is 0 Å². The zero-order valence-corrected chi connectivity index (χ0v) is 6.54. The maximum absolute atomic E-state index is 12.5. The van der Waals surface area contributed by atoms with E-state index in [1.54, 1.807) is 19.1 Å². The first kappa shape index (κ1) is 8.27. The molecule has 2 nitrogen and oxygen atoms in total. The van der Waals surface area contributed by atoms with Crippen molar-refractivity contribution in [3.63, 3.8) is 0 Å². The Kier molecular flexibility index (Phi) is 2.29. The lowest BCUT2D eigenvalue weighted by molar-refractivity contribution is 0.0684. The molecule has 0 aromatic carbocycles. The van der Waals surface area contributed by atoms with Gasteiger partial charge in [-0.15, -0.1) is 0 Å². The average molecular weight is 158 g/mol. The molecule has 0 amide bonds. The van der Waals surface area contributed by atoms with Crippen molar-refractivity contribution in [3.8, 4) is 0 Å². The van der Waals surface area contributed by atoms with E-state index in [9.17, 15) is 4.39 Å². The van der Waals surface area contributed by atoms with E-state index in [0.29, 0.717) is 5.76 Å². The van der Waals surface area contributed by atoms with E-state index < -0.39 is 12.3 Å². The largest absolute Gasteiger partial charge is 0.464 e. The number of hydrogen-bond acceptors (Lipinski definition) is 2. The Labute approximate surface area is 64.6 Å². The van der Waals surface area contributed by atoms with Crippen LogP contribution in [0.5, 0.6) is 0 Å². The van der Waals surface area contributed by atoms with Crippen molar-refractivity contribution < 1.29 is 13.9 Å². The van der Waals surface area contributed by atoms with Crippen molar-refractivity contribution >= 4 is 0 Å². The fraction of sp³-hybridized carbons (Fsp3) is 0.500. The molecule has 0 radical (unpaired) electrons. The molecule has 1 rings (SSSR count). The lowest BCUT2D eigenvalue weighted by Crippen LogP contribution is -2.07. The monoisotopic (exact) mass is 158 g/mol. The molecule has 1 N–H and O–H groups in total. The summed E-state index contributed by atoms with van der Waals surface area (Å²) in [6, 6.07) is 3.27. The van der Waals surface area contributed by atoms with Crippen LogP contribution in [-0.2, 0) is 0 Å². The quantitative estimate of drug-likeness (QED) is 0.713. The first-order valence-electron chi connectivity index (χ1n) is 3.49. The molecule has 0 spiro atoms. The minimum Gasteiger partial charge on any atom is -0.464 e. The summed E-state index contributed by atoms with van der Waals surface area (Å²) in [5.74, 6) is 0.970. The number of furan rings is 1. The van der Waals surface area contributed by atoms with Crippen molar-refractivity contribution in [2.24, 2.45) is 0 Å². The smallest absolute Gasteiger partial charge is 0.142 e. The number of aliphatic hydroxyl groups excluding tert-OH is 1. The van der Waals surface area contributed by atoms with Gasteiger partial charge in [-0.3, -0.25) is 0 Å². The molecule has 0 aliphatic rings. The van der Waals surface area contributed by atoms with Gasteiger partial charge in [0.25, 0.3) is 0 Å². The van der Waals surface area contributed by atoms with Crippen LogP contribution in [0.25, 0.3) is 0 Å². The van der Waals surface area contributed by atoms with Gasteiger partial charge in [0.05, 0.1) is 0 Å². The topological polar surface area (TPSA) is 33.4 Å². The summed E-state index contributed by atoms with van der Waals surface area (Å²) in [5, 5.41) is 9.14. The number of aliphatic hydroxyl groups is 1. The summed E-state index contributed by atoms with van der Waals surface area (Å²) < 4.78 is 17.5. The molecule has 3 heteroatoms. The standard InChI is InChI=1S/C8H11FO2/c1-5-3-4-7(11-5)8(10)6(2)9/h3-4,6,8,10H,1-2H3/t6?,8-/m1/s1. The van der Waals surface area contributed by atoms with Gasteiger partial charge in [-0.2, -0.15) is 0 Å². The zero-order chi connectivity index (χ0) is 8.43. The molecule has 62 valence electrons. The van der Waals surface area contributed by atoms with Crippen molar-refractivity contribution in [2.75, 3.05) is 0 Å². The molecule has 0 bridgehead atoms. The van der Waals surface area contributed by atoms with Gasteiger partial charge in [-0.1, -0.05) is 0 Å². The number of alkyl halides is 1. The van der Waals surface area contributed by atoms with Gasteiger partial charge in [0.2, 0.25) is 0 Å². The summed E-state index contributed by atoms with van der Waals surface area (Å²) in [6.07, 6.45) is -2.43. The van der Waals surface area contributed by atoms with Gasteiger partial charge in [0, 0.05) is 0 Å². The number of aryl methyl sites for hydroxylation is 1. The number of hydrogen-bond donors (Lipinski definition) is 1. The predicted molar refractivity (Wildman–Crippen MR) is 39.0 cm³/mol. The Hall–Kier alpha value is -0.830. The van der Waals surface area contributed by atoms with Crippen LogP contribution in [0.2, 0.25) is 0 Å². The van der Waals surface area contributed by atoms with E-state index in [4.69, 9.17) is 9.52 Å². The maximum Gasteiger partial charge on any atom is 0.142 e. The first-order valence-corrected chi connectivity index (χ1v) is 3.49. The average Bonchev–Trinajstić information content (AvgIpc) is 2.34. The van der Waals surface area contributed by atoms with Gasteiger partial charge in [-0.25, -0.2) is 4.39 Å². The van der Waals surface area contributed by atoms with E-state index in [0.717, 1.165) is 0 Å². The van der Waals surface area contributed by atoms with Crippen LogP contribution in [0.15, 0.2) is 16.5 Å². The predicted octanol–water partition coefficient (Wildman–Crippen LogP) is 1.98. The molecule has 1 heterocycles. The highest BCUT2D eigenvalue weighted by atomic mass is 19.1. The van der Waals surface area contributed by atoms with E-state index in [2.05, 4.69) is 0 Å². The third-order valence-corrected chi connectivity index (χ3v) is 1.49. The molecule has 0 aliphatic carbocycles. The maximum atomic E-state index is 12.5. The third kappa shape index (κ3) is 1.80. The summed E-state index contributed by atoms with van der Waals surface area (Å²) in [4.78, 5) is 0. The molecule has 1 aromatic rings. The molecule has 1 aromatic heterocycles. The highest BCUT2D eigenvalue weighted by Gasteiger charge is 2.18. The Morgan fingerprint density at radius 3 is 2.55 bits per heavy atom. The molecule has 0 saturated heterocycles. The lowest BCUT2D eigenvalue weighted by atomic mass is 10.2. The summed E-state index contributed by atoms with van der Waals surface area (Å²) in [5.41, 5.74) is 0. The van der Waals surface area contributed by atoms with E-state index in [1.807, 2.05) is 0 Å². The second kappa shape index (κ2) is 3.05. The van der Waals surface area contributed by atoms with Crippen LogP contribution in [0.1, 0.15) is 24.5 Å². The van der Waals surface area contributed by atoms with Crippen LogP contribution >= 0.6 is 0 Å². The Bertz CT molecular complexity index is 230. The minimum atomic E-state index is -1.29. The number of rotatable bonds is 2. The highest BCUT2D eigenvalue weighted by Crippen LogP contribution is 2.20. The molecule has 1 unspecified atom stereocenters. The highest BCUT2D eigenvalue weighted by molar-refractivity contribution is 5.08. The Balaban J connectivity index is 2.76. The normalized spacial score (nSPS) is 16.4. The van der Waals surface area contributed by atoms with E-state index in [-0.39, 0.29) is 5.76 Å². The van der Waals surface area contributed by atoms with E-state index in [1.165, 1.54) is 6.92 Å². The Morgan fingerprint density at radius 1 is 1.55 bits per heavy atom. The van der Waals surface area contributed by atoms with Gasteiger partial charge in [-0.05, 0) is 26.0 Å². The van der Waals surface area contributed by atoms with Crippen molar-refractivity contribution in [3.05, 3.63) is 23.7 Å². The molecule has 0 fully saturated rings. The van der Waals surface area contributed by atoms with Gasteiger partial charge < -0.3 is 9.52 Å². The fourth-order valence-corrected chi connectivity index (χ4v) is 0.839. The van der Waals surface area contributed by atoms with Gasteiger partial charge in [0.15, 0.2) is 0 Å². The molecular weight excluding hydrogens is 147 g/mol.